The highest BCUT2D eigenvalue weighted by Gasteiger charge is 2.10. The van der Waals surface area contributed by atoms with E-state index in [4.69, 9.17) is 16.1 Å². The lowest BCUT2D eigenvalue weighted by molar-refractivity contribution is -0.121. The number of nitrogens with one attached hydrogen (secondary N) is 1. The fourth-order valence-electron chi connectivity index (χ4n) is 2.24. The lowest BCUT2D eigenvalue weighted by Gasteiger charge is -2.04. The number of amides is 1. The van der Waals surface area contributed by atoms with E-state index in [1.807, 2.05) is 54.6 Å². The molecule has 0 aliphatic carbocycles. The van der Waals surface area contributed by atoms with Crippen molar-refractivity contribution in [3.05, 3.63) is 71.1 Å². The summed E-state index contributed by atoms with van der Waals surface area (Å²) in [5.74, 6) is 0.797. The topological polar surface area (TPSA) is 68.0 Å². The quantitative estimate of drug-likeness (QED) is 0.743. The Hall–Kier alpha value is -2.66. The van der Waals surface area contributed by atoms with E-state index in [2.05, 4.69) is 15.5 Å². The molecule has 0 saturated heterocycles. The monoisotopic (exact) mass is 341 g/mol. The number of rotatable bonds is 6. The normalized spacial score (nSPS) is 10.5. The average molecular weight is 342 g/mol. The van der Waals surface area contributed by atoms with Gasteiger partial charge in [0.1, 0.15) is 0 Å². The molecule has 3 rings (SSSR count). The summed E-state index contributed by atoms with van der Waals surface area (Å²) in [5, 5.41) is 7.37. The van der Waals surface area contributed by atoms with Crippen molar-refractivity contribution in [3.63, 3.8) is 0 Å². The predicted molar refractivity (Wildman–Crippen MR) is 91.4 cm³/mol. The van der Waals surface area contributed by atoms with Crippen LogP contribution in [0.4, 0.5) is 0 Å². The van der Waals surface area contributed by atoms with Crippen molar-refractivity contribution in [2.75, 3.05) is 0 Å². The number of hydrogen-bond acceptors (Lipinski definition) is 4. The largest absolute Gasteiger partial charge is 0.347 e. The highest BCUT2D eigenvalue weighted by Crippen LogP contribution is 2.17. The molecule has 1 amide bonds. The first-order valence-electron chi connectivity index (χ1n) is 7.60. The van der Waals surface area contributed by atoms with Crippen LogP contribution in [-0.4, -0.2) is 16.0 Å². The van der Waals surface area contributed by atoms with Crippen molar-refractivity contribution in [2.45, 2.75) is 19.4 Å². The minimum atomic E-state index is -0.0885. The summed E-state index contributed by atoms with van der Waals surface area (Å²) >= 11 is 6.08. The zero-order valence-electron chi connectivity index (χ0n) is 12.9. The van der Waals surface area contributed by atoms with Crippen molar-refractivity contribution in [1.29, 1.82) is 0 Å². The molecule has 1 N–H and O–H groups in total. The Morgan fingerprint density at radius 1 is 1.08 bits per heavy atom. The summed E-state index contributed by atoms with van der Waals surface area (Å²) in [5.41, 5.74) is 1.83. The van der Waals surface area contributed by atoms with Gasteiger partial charge in [-0.05, 0) is 18.1 Å². The molecule has 0 fully saturated rings. The van der Waals surface area contributed by atoms with Crippen LogP contribution in [0.15, 0.2) is 59.1 Å². The zero-order chi connectivity index (χ0) is 16.8. The Balaban J connectivity index is 1.50. The molecule has 0 radical (unpaired) electrons. The Morgan fingerprint density at radius 2 is 1.83 bits per heavy atom. The van der Waals surface area contributed by atoms with Gasteiger partial charge in [-0.25, -0.2) is 0 Å². The number of carbonyl (C=O) groups is 1. The fourth-order valence-corrected chi connectivity index (χ4v) is 2.47. The number of carbonyl (C=O) groups excluding carboxylic acids is 1. The molecule has 1 heterocycles. The first-order valence-corrected chi connectivity index (χ1v) is 7.98. The van der Waals surface area contributed by atoms with Crippen LogP contribution in [0.1, 0.15) is 17.9 Å². The van der Waals surface area contributed by atoms with Crippen molar-refractivity contribution >= 4 is 17.5 Å². The molecule has 122 valence electrons. The van der Waals surface area contributed by atoms with Crippen molar-refractivity contribution in [1.82, 2.24) is 15.5 Å². The van der Waals surface area contributed by atoms with Gasteiger partial charge in [0.05, 0.1) is 6.54 Å². The molecule has 2 aromatic carbocycles. The second-order valence-corrected chi connectivity index (χ2v) is 5.65. The van der Waals surface area contributed by atoms with Gasteiger partial charge in [0.15, 0.2) is 0 Å². The van der Waals surface area contributed by atoms with E-state index in [1.165, 1.54) is 0 Å². The number of nitrogens with zero attached hydrogens (tertiary/aromatic N) is 2. The number of benzene rings is 2. The van der Waals surface area contributed by atoms with Gasteiger partial charge in [-0.2, -0.15) is 4.98 Å². The van der Waals surface area contributed by atoms with Crippen LogP contribution >= 0.6 is 11.6 Å². The summed E-state index contributed by atoms with van der Waals surface area (Å²) in [7, 11) is 0. The fraction of sp³-hybridized carbons (Fsp3) is 0.167. The Bertz CT molecular complexity index is 818. The molecule has 5 nitrogen and oxygen atoms in total. The molecule has 0 atom stereocenters. The maximum Gasteiger partial charge on any atom is 0.246 e. The van der Waals surface area contributed by atoms with Crippen LogP contribution in [0.2, 0.25) is 5.02 Å². The standard InChI is InChI=1S/C18H16ClN3O2/c19-15-9-5-4-6-13(15)10-11-16(23)20-12-17-21-18(22-24-17)14-7-2-1-3-8-14/h1-9H,10-12H2,(H,20,23). The van der Waals surface area contributed by atoms with Crippen LogP contribution in [0, 0.1) is 0 Å². The van der Waals surface area contributed by atoms with Gasteiger partial charge in [-0.3, -0.25) is 4.79 Å². The van der Waals surface area contributed by atoms with Crippen LogP contribution in [0.3, 0.4) is 0 Å². The van der Waals surface area contributed by atoms with Gasteiger partial charge < -0.3 is 9.84 Å². The molecular formula is C18H16ClN3O2. The van der Waals surface area contributed by atoms with Gasteiger partial charge in [0.2, 0.25) is 17.6 Å². The second-order valence-electron chi connectivity index (χ2n) is 5.25. The molecule has 0 spiro atoms. The zero-order valence-corrected chi connectivity index (χ0v) is 13.7. The van der Waals surface area contributed by atoms with E-state index in [9.17, 15) is 4.79 Å². The Morgan fingerprint density at radius 3 is 2.62 bits per heavy atom. The molecule has 0 bridgehead atoms. The van der Waals surface area contributed by atoms with Crippen molar-refractivity contribution in [3.8, 4) is 11.4 Å². The van der Waals surface area contributed by atoms with Gasteiger partial charge in [-0.1, -0.05) is 65.3 Å². The lowest BCUT2D eigenvalue weighted by atomic mass is 10.1. The highest BCUT2D eigenvalue weighted by atomic mass is 35.5. The summed E-state index contributed by atoms with van der Waals surface area (Å²) in [6.45, 7) is 0.210. The number of halogens is 1. The third-order valence-corrected chi connectivity index (χ3v) is 3.88. The van der Waals surface area contributed by atoms with Crippen molar-refractivity contribution in [2.24, 2.45) is 0 Å². The Kier molecular flexibility index (Phi) is 5.23. The van der Waals surface area contributed by atoms with Gasteiger partial charge >= 0.3 is 0 Å². The molecule has 24 heavy (non-hydrogen) atoms. The smallest absolute Gasteiger partial charge is 0.246 e. The van der Waals surface area contributed by atoms with Crippen LogP contribution in [0.25, 0.3) is 11.4 Å². The molecule has 0 aliphatic heterocycles. The van der Waals surface area contributed by atoms with E-state index in [0.717, 1.165) is 11.1 Å². The summed E-state index contributed by atoms with van der Waals surface area (Å²) < 4.78 is 5.15. The van der Waals surface area contributed by atoms with Crippen LogP contribution in [0.5, 0.6) is 0 Å². The second kappa shape index (κ2) is 7.75. The van der Waals surface area contributed by atoms with Crippen LogP contribution < -0.4 is 5.32 Å². The van der Waals surface area contributed by atoms with E-state index >= 15 is 0 Å². The summed E-state index contributed by atoms with van der Waals surface area (Å²) in [6.07, 6.45) is 0.939. The van der Waals surface area contributed by atoms with E-state index in [1.54, 1.807) is 0 Å². The highest BCUT2D eigenvalue weighted by molar-refractivity contribution is 6.31. The van der Waals surface area contributed by atoms with Gasteiger partial charge in [0.25, 0.3) is 0 Å². The Labute approximate surface area is 144 Å². The van der Waals surface area contributed by atoms with Crippen molar-refractivity contribution < 1.29 is 9.32 Å². The molecule has 6 heteroatoms. The van der Waals surface area contributed by atoms with E-state index < -0.39 is 0 Å². The van der Waals surface area contributed by atoms with E-state index in [0.29, 0.717) is 29.6 Å². The molecule has 0 unspecified atom stereocenters. The summed E-state index contributed by atoms with van der Waals surface area (Å²) in [6, 6.07) is 17.0. The maximum absolute atomic E-state index is 11.9. The average Bonchev–Trinajstić information content (AvgIpc) is 3.09. The minimum absolute atomic E-state index is 0.0885. The number of hydrogen-bond donors (Lipinski definition) is 1. The number of aromatic nitrogens is 2. The lowest BCUT2D eigenvalue weighted by Crippen LogP contribution is -2.23. The molecule has 0 aliphatic rings. The third-order valence-electron chi connectivity index (χ3n) is 3.52. The maximum atomic E-state index is 11.9. The molecular weight excluding hydrogens is 326 g/mol. The van der Waals surface area contributed by atoms with E-state index in [-0.39, 0.29) is 12.5 Å². The SMILES string of the molecule is O=C(CCc1ccccc1Cl)NCc1nc(-c2ccccc2)no1. The number of aryl methyl sites for hydroxylation is 1. The minimum Gasteiger partial charge on any atom is -0.347 e. The molecule has 1 aromatic heterocycles. The summed E-state index contributed by atoms with van der Waals surface area (Å²) in [4.78, 5) is 16.2. The first-order chi connectivity index (χ1) is 11.7. The molecule has 0 saturated carbocycles. The van der Waals surface area contributed by atoms with Gasteiger partial charge in [0, 0.05) is 17.0 Å². The predicted octanol–water partition coefficient (Wildman–Crippen LogP) is 3.64. The van der Waals surface area contributed by atoms with Gasteiger partial charge in [-0.15, -0.1) is 0 Å². The molecule has 3 aromatic rings. The first kappa shape index (κ1) is 16.2. The van der Waals surface area contributed by atoms with Crippen LogP contribution in [-0.2, 0) is 17.8 Å². The third kappa shape index (κ3) is 4.20.